The molecule has 28 heavy (non-hydrogen) atoms. The normalized spacial score (nSPS) is 15.1. The molecule has 6 nitrogen and oxygen atoms in total. The molecule has 0 unspecified atom stereocenters. The van der Waals surface area contributed by atoms with Gasteiger partial charge >= 0.3 is 0 Å². The zero-order valence-electron chi connectivity index (χ0n) is 15.7. The predicted molar refractivity (Wildman–Crippen MR) is 111 cm³/mol. The maximum absolute atomic E-state index is 12.8. The van der Waals surface area contributed by atoms with E-state index in [0.717, 1.165) is 49.0 Å². The molecule has 0 spiro atoms. The molecule has 2 aromatic heterocycles. The lowest BCUT2D eigenvalue weighted by atomic mass is 10.2. The number of amides is 1. The highest BCUT2D eigenvalue weighted by atomic mass is 35.5. The molecule has 3 heterocycles. The van der Waals surface area contributed by atoms with Crippen LogP contribution >= 0.6 is 22.9 Å². The van der Waals surface area contributed by atoms with Gasteiger partial charge in [-0.1, -0.05) is 29.8 Å². The largest absolute Gasteiger partial charge is 0.336 e. The number of carbonyl (C=O) groups is 1. The zero-order valence-corrected chi connectivity index (χ0v) is 17.3. The van der Waals surface area contributed by atoms with Crippen molar-refractivity contribution in [2.45, 2.75) is 20.0 Å². The van der Waals surface area contributed by atoms with Crippen molar-refractivity contribution in [3.05, 3.63) is 68.9 Å². The fourth-order valence-electron chi connectivity index (χ4n) is 3.36. The number of hydrogen-bond acceptors (Lipinski definition) is 5. The highest BCUT2D eigenvalue weighted by molar-refractivity contribution is 7.09. The zero-order chi connectivity index (χ0) is 19.5. The number of nitrogens with zero attached hydrogens (tertiary/aromatic N) is 5. The summed E-state index contributed by atoms with van der Waals surface area (Å²) in [5, 5.41) is 8.25. The number of hydrogen-bond donors (Lipinski definition) is 0. The first-order chi connectivity index (χ1) is 13.6. The molecule has 1 aliphatic rings. The summed E-state index contributed by atoms with van der Waals surface area (Å²) in [6.45, 7) is 6.58. The summed E-state index contributed by atoms with van der Waals surface area (Å²) in [6.07, 6.45) is 3.44. The van der Waals surface area contributed by atoms with Crippen LogP contribution in [0.2, 0.25) is 5.02 Å². The number of carbonyl (C=O) groups excluding carboxylic acids is 1. The molecule has 1 amide bonds. The van der Waals surface area contributed by atoms with Gasteiger partial charge in [0.25, 0.3) is 5.91 Å². The van der Waals surface area contributed by atoms with Gasteiger partial charge in [-0.2, -0.15) is 5.10 Å². The minimum atomic E-state index is 0.0366. The third-order valence-electron chi connectivity index (χ3n) is 4.88. The molecule has 0 atom stereocenters. The molecule has 0 N–H and O–H groups in total. The van der Waals surface area contributed by atoms with E-state index >= 15 is 0 Å². The molecular formula is C20H22ClN5OS. The Morgan fingerprint density at radius 2 is 1.96 bits per heavy atom. The van der Waals surface area contributed by atoms with E-state index in [4.69, 9.17) is 11.6 Å². The van der Waals surface area contributed by atoms with Gasteiger partial charge in [-0.25, -0.2) is 4.98 Å². The van der Waals surface area contributed by atoms with Crippen molar-refractivity contribution in [3.63, 3.8) is 0 Å². The second-order valence-corrected chi connectivity index (χ2v) is 8.41. The van der Waals surface area contributed by atoms with Crippen LogP contribution in [0.1, 0.15) is 26.6 Å². The molecule has 1 fully saturated rings. The molecule has 0 radical (unpaired) electrons. The summed E-state index contributed by atoms with van der Waals surface area (Å²) in [4.78, 5) is 21.6. The van der Waals surface area contributed by atoms with Crippen LogP contribution in [0.3, 0.4) is 0 Å². The molecule has 4 rings (SSSR count). The van der Waals surface area contributed by atoms with E-state index in [-0.39, 0.29) is 5.91 Å². The van der Waals surface area contributed by atoms with E-state index in [1.165, 1.54) is 0 Å². The van der Waals surface area contributed by atoms with Gasteiger partial charge in [0.05, 0.1) is 29.0 Å². The van der Waals surface area contributed by atoms with E-state index in [9.17, 15) is 4.79 Å². The summed E-state index contributed by atoms with van der Waals surface area (Å²) in [5.41, 5.74) is 2.72. The lowest BCUT2D eigenvalue weighted by molar-refractivity contribution is 0.0627. The lowest BCUT2D eigenvalue weighted by Crippen LogP contribution is -2.48. The minimum Gasteiger partial charge on any atom is -0.336 e. The summed E-state index contributed by atoms with van der Waals surface area (Å²) >= 11 is 7.89. The SMILES string of the molecule is Cc1nc(CN2CCN(C(=O)c3cnn(Cc4ccccc4Cl)c3)CC2)cs1. The Balaban J connectivity index is 1.33. The molecule has 0 bridgehead atoms. The lowest BCUT2D eigenvalue weighted by Gasteiger charge is -2.34. The Hall–Kier alpha value is -2.22. The molecule has 1 aliphatic heterocycles. The van der Waals surface area contributed by atoms with Gasteiger partial charge in [0.15, 0.2) is 0 Å². The minimum absolute atomic E-state index is 0.0366. The number of rotatable bonds is 5. The number of halogens is 1. The topological polar surface area (TPSA) is 54.3 Å². The van der Waals surface area contributed by atoms with Crippen molar-refractivity contribution in [3.8, 4) is 0 Å². The van der Waals surface area contributed by atoms with E-state index in [2.05, 4.69) is 20.4 Å². The van der Waals surface area contributed by atoms with Crippen molar-refractivity contribution in [1.82, 2.24) is 24.6 Å². The first-order valence-electron chi connectivity index (χ1n) is 9.27. The number of piperazine rings is 1. The van der Waals surface area contributed by atoms with E-state index in [0.29, 0.717) is 17.1 Å². The number of aryl methyl sites for hydroxylation is 1. The average molecular weight is 416 g/mol. The molecule has 3 aromatic rings. The van der Waals surface area contributed by atoms with Crippen molar-refractivity contribution in [1.29, 1.82) is 0 Å². The molecule has 0 aliphatic carbocycles. The summed E-state index contributed by atoms with van der Waals surface area (Å²) < 4.78 is 1.76. The van der Waals surface area contributed by atoms with Gasteiger partial charge in [0, 0.05) is 49.3 Å². The van der Waals surface area contributed by atoms with Crippen molar-refractivity contribution >= 4 is 28.8 Å². The van der Waals surface area contributed by atoms with E-state index in [1.54, 1.807) is 28.4 Å². The number of thiazole rings is 1. The molecule has 1 saturated heterocycles. The standard InChI is InChI=1S/C20H22ClN5OS/c1-15-23-18(14-28-15)13-24-6-8-25(9-7-24)20(27)17-10-22-26(12-17)11-16-4-2-3-5-19(16)21/h2-5,10,12,14H,6-9,11,13H2,1H3. The molecular weight excluding hydrogens is 394 g/mol. The van der Waals surface area contributed by atoms with E-state index < -0.39 is 0 Å². The van der Waals surface area contributed by atoms with E-state index in [1.807, 2.05) is 36.1 Å². The van der Waals surface area contributed by atoms with Gasteiger partial charge in [0.1, 0.15) is 0 Å². The third-order valence-corrected chi connectivity index (χ3v) is 6.07. The Bertz CT molecular complexity index is 961. The van der Waals surface area contributed by atoms with Crippen LogP contribution < -0.4 is 0 Å². The predicted octanol–water partition coefficient (Wildman–Crippen LogP) is 3.31. The Morgan fingerprint density at radius 1 is 1.18 bits per heavy atom. The second-order valence-electron chi connectivity index (χ2n) is 6.94. The van der Waals surface area contributed by atoms with Crippen LogP contribution in [-0.4, -0.2) is 56.7 Å². The van der Waals surface area contributed by atoms with Gasteiger partial charge in [-0.15, -0.1) is 11.3 Å². The van der Waals surface area contributed by atoms with Crippen LogP contribution in [0.25, 0.3) is 0 Å². The number of aromatic nitrogens is 3. The second kappa shape index (κ2) is 8.43. The van der Waals surface area contributed by atoms with Crippen molar-refractivity contribution in [2.75, 3.05) is 26.2 Å². The summed E-state index contributed by atoms with van der Waals surface area (Å²) in [6, 6.07) is 7.68. The molecule has 146 valence electrons. The van der Waals surface area contributed by atoms with Crippen LogP contribution in [0.5, 0.6) is 0 Å². The summed E-state index contributed by atoms with van der Waals surface area (Å²) in [7, 11) is 0. The molecule has 1 aromatic carbocycles. The van der Waals surface area contributed by atoms with Crippen LogP contribution in [0.4, 0.5) is 0 Å². The average Bonchev–Trinajstić information content (AvgIpc) is 3.33. The smallest absolute Gasteiger partial charge is 0.257 e. The van der Waals surface area contributed by atoms with Crippen LogP contribution in [0, 0.1) is 6.92 Å². The Kier molecular flexibility index (Phi) is 5.75. The first-order valence-corrected chi connectivity index (χ1v) is 10.5. The Labute approximate surface area is 173 Å². The molecule has 8 heteroatoms. The number of benzene rings is 1. The van der Waals surface area contributed by atoms with Gasteiger partial charge in [-0.3, -0.25) is 14.4 Å². The van der Waals surface area contributed by atoms with Crippen LogP contribution in [0.15, 0.2) is 42.0 Å². The fourth-order valence-corrected chi connectivity index (χ4v) is 4.16. The Morgan fingerprint density at radius 3 is 2.68 bits per heavy atom. The monoisotopic (exact) mass is 415 g/mol. The third kappa shape index (κ3) is 4.43. The fraction of sp³-hybridized carbons (Fsp3) is 0.350. The maximum atomic E-state index is 12.8. The quantitative estimate of drug-likeness (QED) is 0.641. The van der Waals surface area contributed by atoms with Crippen LogP contribution in [-0.2, 0) is 13.1 Å². The molecule has 0 saturated carbocycles. The highest BCUT2D eigenvalue weighted by Crippen LogP contribution is 2.17. The highest BCUT2D eigenvalue weighted by Gasteiger charge is 2.23. The van der Waals surface area contributed by atoms with Crippen molar-refractivity contribution < 1.29 is 4.79 Å². The summed E-state index contributed by atoms with van der Waals surface area (Å²) in [5.74, 6) is 0.0366. The van der Waals surface area contributed by atoms with Crippen molar-refractivity contribution in [2.24, 2.45) is 0 Å². The first kappa shape index (κ1) is 19.1. The van der Waals surface area contributed by atoms with Gasteiger partial charge < -0.3 is 4.90 Å². The van der Waals surface area contributed by atoms with Gasteiger partial charge in [0.2, 0.25) is 0 Å². The maximum Gasteiger partial charge on any atom is 0.257 e. The van der Waals surface area contributed by atoms with Gasteiger partial charge in [-0.05, 0) is 18.6 Å².